The van der Waals surface area contributed by atoms with E-state index in [1.54, 1.807) is 7.11 Å². The fourth-order valence-electron chi connectivity index (χ4n) is 2.33. The maximum atomic E-state index is 11.8. The van der Waals surface area contributed by atoms with Crippen LogP contribution in [0.2, 0.25) is 0 Å². The molecule has 1 aromatic carbocycles. The molecule has 0 unspecified atom stereocenters. The number of methoxy groups -OCH3 is 1. The van der Waals surface area contributed by atoms with E-state index in [1.165, 1.54) is 5.56 Å². The second-order valence-electron chi connectivity index (χ2n) is 4.36. The Bertz CT molecular complexity index is 676. The van der Waals surface area contributed by atoms with Gasteiger partial charge in [0.15, 0.2) is 0 Å². The van der Waals surface area contributed by atoms with Gasteiger partial charge in [0.05, 0.1) is 12.8 Å². The van der Waals surface area contributed by atoms with E-state index < -0.39 is 0 Å². The third-order valence-electron chi connectivity index (χ3n) is 3.26. The van der Waals surface area contributed by atoms with Crippen LogP contribution in [0.1, 0.15) is 22.4 Å². The topological polar surface area (TPSA) is 81.0 Å². The summed E-state index contributed by atoms with van der Waals surface area (Å²) in [5.41, 5.74) is 9.16. The highest BCUT2D eigenvalue weighted by atomic mass is 16.5. The lowest BCUT2D eigenvalue weighted by Crippen LogP contribution is -2.23. The molecule has 5 nitrogen and oxygen atoms in total. The van der Waals surface area contributed by atoms with Gasteiger partial charge in [-0.3, -0.25) is 9.78 Å². The zero-order chi connectivity index (χ0) is 12.7. The SMILES string of the molecule is COc1ccc2c(c1)Cc1c(nc(N)[nH]c1=O)C2. The summed E-state index contributed by atoms with van der Waals surface area (Å²) >= 11 is 0. The summed E-state index contributed by atoms with van der Waals surface area (Å²) in [4.78, 5) is 18.6. The van der Waals surface area contributed by atoms with E-state index in [-0.39, 0.29) is 11.5 Å². The molecule has 18 heavy (non-hydrogen) atoms. The zero-order valence-electron chi connectivity index (χ0n) is 9.99. The first-order valence-corrected chi connectivity index (χ1v) is 5.70. The third-order valence-corrected chi connectivity index (χ3v) is 3.26. The second-order valence-corrected chi connectivity index (χ2v) is 4.36. The molecule has 0 saturated heterocycles. The van der Waals surface area contributed by atoms with Gasteiger partial charge >= 0.3 is 0 Å². The van der Waals surface area contributed by atoms with E-state index in [0.717, 1.165) is 17.0 Å². The van der Waals surface area contributed by atoms with Gasteiger partial charge in [-0.05, 0) is 23.3 Å². The summed E-state index contributed by atoms with van der Waals surface area (Å²) in [7, 11) is 1.63. The second kappa shape index (κ2) is 3.87. The molecule has 0 spiro atoms. The first-order valence-electron chi connectivity index (χ1n) is 5.70. The Morgan fingerprint density at radius 1 is 1.33 bits per heavy atom. The number of anilines is 1. The smallest absolute Gasteiger partial charge is 0.256 e. The first-order chi connectivity index (χ1) is 8.67. The zero-order valence-corrected chi connectivity index (χ0v) is 9.99. The van der Waals surface area contributed by atoms with Crippen molar-refractivity contribution in [3.05, 3.63) is 50.9 Å². The number of aromatic amines is 1. The molecule has 0 atom stereocenters. The summed E-state index contributed by atoms with van der Waals surface area (Å²) in [6.45, 7) is 0. The van der Waals surface area contributed by atoms with Crippen molar-refractivity contribution in [2.75, 3.05) is 12.8 Å². The van der Waals surface area contributed by atoms with Crippen LogP contribution in [-0.4, -0.2) is 17.1 Å². The summed E-state index contributed by atoms with van der Waals surface area (Å²) in [6.07, 6.45) is 1.22. The van der Waals surface area contributed by atoms with Crippen LogP contribution in [0, 0.1) is 0 Å². The van der Waals surface area contributed by atoms with E-state index in [1.807, 2.05) is 18.2 Å². The highest BCUT2D eigenvalue weighted by Gasteiger charge is 2.20. The Morgan fingerprint density at radius 2 is 2.17 bits per heavy atom. The molecule has 1 aromatic heterocycles. The minimum absolute atomic E-state index is 0.147. The molecule has 0 radical (unpaired) electrons. The highest BCUT2D eigenvalue weighted by molar-refractivity contribution is 5.46. The molecule has 1 heterocycles. The number of nitrogens with one attached hydrogen (secondary N) is 1. The monoisotopic (exact) mass is 243 g/mol. The van der Waals surface area contributed by atoms with Crippen LogP contribution >= 0.6 is 0 Å². The van der Waals surface area contributed by atoms with Crippen LogP contribution in [0.5, 0.6) is 5.75 Å². The standard InChI is InChI=1S/C13H13N3O2/c1-18-9-3-2-7-6-11-10(5-8(7)4-9)12(17)16-13(14)15-11/h2-4H,5-6H2,1H3,(H3,14,15,16,17). The maximum Gasteiger partial charge on any atom is 0.256 e. The number of nitrogen functional groups attached to an aromatic ring is 1. The minimum Gasteiger partial charge on any atom is -0.497 e. The number of nitrogens with zero attached hydrogens (tertiary/aromatic N) is 1. The first kappa shape index (κ1) is 10.8. The van der Waals surface area contributed by atoms with Crippen molar-refractivity contribution >= 4 is 5.95 Å². The Labute approximate surface area is 104 Å². The van der Waals surface area contributed by atoms with Gasteiger partial charge in [-0.1, -0.05) is 6.07 Å². The molecular weight excluding hydrogens is 230 g/mol. The van der Waals surface area contributed by atoms with Crippen molar-refractivity contribution in [1.29, 1.82) is 0 Å². The predicted octanol–water partition coefficient (Wildman–Crippen LogP) is 0.856. The fourth-order valence-corrected chi connectivity index (χ4v) is 2.33. The predicted molar refractivity (Wildman–Crippen MR) is 67.9 cm³/mol. The van der Waals surface area contributed by atoms with Crippen molar-refractivity contribution in [1.82, 2.24) is 9.97 Å². The molecule has 3 rings (SSSR count). The summed E-state index contributed by atoms with van der Waals surface area (Å²) in [6, 6.07) is 5.89. The molecular formula is C13H13N3O2. The molecule has 0 fully saturated rings. The maximum absolute atomic E-state index is 11.8. The number of ether oxygens (including phenoxy) is 1. The van der Waals surface area contributed by atoms with Crippen LogP contribution < -0.4 is 16.0 Å². The molecule has 1 aliphatic rings. The van der Waals surface area contributed by atoms with E-state index in [4.69, 9.17) is 10.5 Å². The lowest BCUT2D eigenvalue weighted by molar-refractivity contribution is 0.414. The lowest BCUT2D eigenvalue weighted by Gasteiger charge is -2.18. The highest BCUT2D eigenvalue weighted by Crippen LogP contribution is 2.27. The molecule has 3 N–H and O–H groups in total. The largest absolute Gasteiger partial charge is 0.497 e. The van der Waals surface area contributed by atoms with Crippen molar-refractivity contribution in [3.63, 3.8) is 0 Å². The number of fused-ring (bicyclic) bond motifs is 2. The number of benzene rings is 1. The number of aromatic nitrogens is 2. The third kappa shape index (κ3) is 1.64. The molecule has 5 heteroatoms. The van der Waals surface area contributed by atoms with E-state index in [2.05, 4.69) is 9.97 Å². The van der Waals surface area contributed by atoms with Gasteiger partial charge in [0.2, 0.25) is 5.95 Å². The quantitative estimate of drug-likeness (QED) is 0.664. The van der Waals surface area contributed by atoms with E-state index in [9.17, 15) is 4.79 Å². The van der Waals surface area contributed by atoms with Gasteiger partial charge in [-0.25, -0.2) is 4.98 Å². The number of H-pyrrole nitrogens is 1. The Balaban J connectivity index is 2.12. The van der Waals surface area contributed by atoms with Gasteiger partial charge in [0.1, 0.15) is 5.75 Å². The summed E-state index contributed by atoms with van der Waals surface area (Å²) in [5, 5.41) is 0. The Kier molecular flexibility index (Phi) is 2.33. The van der Waals surface area contributed by atoms with E-state index in [0.29, 0.717) is 18.4 Å². The molecule has 0 aliphatic heterocycles. The van der Waals surface area contributed by atoms with Crippen molar-refractivity contribution in [3.8, 4) is 5.75 Å². The van der Waals surface area contributed by atoms with Crippen molar-refractivity contribution in [2.45, 2.75) is 12.8 Å². The normalized spacial score (nSPS) is 12.7. The van der Waals surface area contributed by atoms with Gasteiger partial charge in [-0.15, -0.1) is 0 Å². The summed E-state index contributed by atoms with van der Waals surface area (Å²) in [5.74, 6) is 0.979. The number of hydrogen-bond donors (Lipinski definition) is 2. The fraction of sp³-hybridized carbons (Fsp3) is 0.231. The van der Waals surface area contributed by atoms with Crippen LogP contribution in [0.25, 0.3) is 0 Å². The molecule has 0 saturated carbocycles. The van der Waals surface area contributed by atoms with Crippen molar-refractivity contribution < 1.29 is 4.74 Å². The molecule has 92 valence electrons. The van der Waals surface area contributed by atoms with E-state index >= 15 is 0 Å². The van der Waals surface area contributed by atoms with Crippen molar-refractivity contribution in [2.24, 2.45) is 0 Å². The lowest BCUT2D eigenvalue weighted by atomic mass is 9.89. The number of rotatable bonds is 1. The average Bonchev–Trinajstić information content (AvgIpc) is 2.36. The molecule has 2 aromatic rings. The van der Waals surface area contributed by atoms with Crippen LogP contribution in [0.4, 0.5) is 5.95 Å². The average molecular weight is 243 g/mol. The molecule has 0 amide bonds. The molecule has 0 bridgehead atoms. The van der Waals surface area contributed by atoms with Gasteiger partial charge in [-0.2, -0.15) is 0 Å². The minimum atomic E-state index is -0.147. The number of nitrogens with two attached hydrogens (primary N) is 1. The van der Waals surface area contributed by atoms with Crippen LogP contribution in [-0.2, 0) is 12.8 Å². The summed E-state index contributed by atoms with van der Waals surface area (Å²) < 4.78 is 5.20. The van der Waals surface area contributed by atoms with Crippen LogP contribution in [0.15, 0.2) is 23.0 Å². The van der Waals surface area contributed by atoms with Gasteiger partial charge < -0.3 is 10.5 Å². The van der Waals surface area contributed by atoms with Crippen LogP contribution in [0.3, 0.4) is 0 Å². The Hall–Kier alpha value is -2.30. The number of hydrogen-bond acceptors (Lipinski definition) is 4. The molecule has 1 aliphatic carbocycles. The van der Waals surface area contributed by atoms with Gasteiger partial charge in [0.25, 0.3) is 5.56 Å². The Morgan fingerprint density at radius 3 is 2.94 bits per heavy atom. The van der Waals surface area contributed by atoms with Gasteiger partial charge in [0, 0.05) is 18.4 Å².